The van der Waals surface area contributed by atoms with E-state index in [1.54, 1.807) is 0 Å². The van der Waals surface area contributed by atoms with Gasteiger partial charge >= 0.3 is 12.3 Å². The van der Waals surface area contributed by atoms with E-state index in [0.717, 1.165) is 0 Å². The van der Waals surface area contributed by atoms with E-state index >= 15 is 0 Å². The zero-order valence-electron chi connectivity index (χ0n) is 7.88. The first kappa shape index (κ1) is 12.1. The fourth-order valence-corrected chi connectivity index (χ4v) is 0.997. The van der Waals surface area contributed by atoms with Crippen LogP contribution < -0.4 is 10.2 Å². The van der Waals surface area contributed by atoms with Crippen LogP contribution in [0, 0.1) is 6.92 Å². The Morgan fingerprint density at radius 2 is 2.06 bits per heavy atom. The predicted molar refractivity (Wildman–Crippen MR) is 45.4 cm³/mol. The van der Waals surface area contributed by atoms with Crippen molar-refractivity contribution < 1.29 is 27.8 Å². The smallest absolute Gasteiger partial charge is 0.477 e. The van der Waals surface area contributed by atoms with Crippen LogP contribution in [0.3, 0.4) is 0 Å². The first-order chi connectivity index (χ1) is 7.20. The number of aromatic carboxylic acids is 1. The quantitative estimate of drug-likeness (QED) is 0.811. The van der Waals surface area contributed by atoms with Crippen LogP contribution in [-0.4, -0.2) is 22.4 Å². The summed E-state index contributed by atoms with van der Waals surface area (Å²) in [6.07, 6.45) is -4.99. The van der Waals surface area contributed by atoms with Crippen LogP contribution in [0.15, 0.2) is 10.9 Å². The third-order valence-corrected chi connectivity index (χ3v) is 1.69. The molecule has 0 amide bonds. The lowest BCUT2D eigenvalue weighted by Crippen LogP contribution is -2.22. The van der Waals surface area contributed by atoms with Gasteiger partial charge in [-0.05, 0) is 6.92 Å². The van der Waals surface area contributed by atoms with Gasteiger partial charge in [0.2, 0.25) is 5.88 Å². The van der Waals surface area contributed by atoms with E-state index in [1.165, 1.54) is 6.92 Å². The number of nitrogens with one attached hydrogen (secondary N) is 1. The Kier molecular flexibility index (Phi) is 2.92. The molecule has 1 heterocycles. The highest BCUT2D eigenvalue weighted by atomic mass is 19.4. The first-order valence-corrected chi connectivity index (χ1v) is 3.93. The predicted octanol–water partition coefficient (Wildman–Crippen LogP) is 1.28. The topological polar surface area (TPSA) is 79.4 Å². The highest BCUT2D eigenvalue weighted by Gasteiger charge is 2.32. The number of hydrogen-bond donors (Lipinski definition) is 2. The zero-order chi connectivity index (χ0) is 12.5. The van der Waals surface area contributed by atoms with Gasteiger partial charge in [-0.15, -0.1) is 13.2 Å². The van der Waals surface area contributed by atoms with Crippen LogP contribution in [0.25, 0.3) is 0 Å². The second kappa shape index (κ2) is 3.87. The van der Waals surface area contributed by atoms with E-state index in [2.05, 4.69) is 4.74 Å². The number of hydrogen-bond acceptors (Lipinski definition) is 3. The number of aromatic nitrogens is 1. The van der Waals surface area contributed by atoms with Crippen molar-refractivity contribution in [3.05, 3.63) is 27.5 Å². The van der Waals surface area contributed by atoms with Gasteiger partial charge in [0.25, 0.3) is 0 Å². The molecule has 0 saturated heterocycles. The van der Waals surface area contributed by atoms with Crippen molar-refractivity contribution in [1.82, 2.24) is 4.98 Å². The number of alkyl halides is 3. The Balaban J connectivity index is 3.25. The fourth-order valence-electron chi connectivity index (χ4n) is 0.997. The van der Waals surface area contributed by atoms with Crippen molar-refractivity contribution in [1.29, 1.82) is 0 Å². The minimum absolute atomic E-state index is 0.193. The maximum Gasteiger partial charge on any atom is 0.574 e. The van der Waals surface area contributed by atoms with Crippen molar-refractivity contribution >= 4 is 5.97 Å². The summed E-state index contributed by atoms with van der Waals surface area (Å²) in [5.41, 5.74) is -1.68. The van der Waals surface area contributed by atoms with Crippen molar-refractivity contribution in [3.63, 3.8) is 0 Å². The van der Waals surface area contributed by atoms with E-state index < -0.39 is 29.3 Å². The van der Waals surface area contributed by atoms with Gasteiger partial charge in [-0.25, -0.2) is 4.79 Å². The van der Waals surface area contributed by atoms with E-state index in [9.17, 15) is 22.8 Å². The number of pyridine rings is 1. The third kappa shape index (κ3) is 2.75. The average Bonchev–Trinajstić information content (AvgIpc) is 2.07. The molecule has 8 heteroatoms. The third-order valence-electron chi connectivity index (χ3n) is 1.69. The SMILES string of the molecule is Cc1c(C(=O)O)[nH]c(OC(F)(F)F)cc1=O. The maximum absolute atomic E-state index is 11.8. The highest BCUT2D eigenvalue weighted by molar-refractivity contribution is 5.87. The molecule has 0 aliphatic rings. The van der Waals surface area contributed by atoms with Crippen molar-refractivity contribution in [3.8, 4) is 5.88 Å². The molecule has 0 aromatic carbocycles. The molecular weight excluding hydrogens is 231 g/mol. The normalized spacial score (nSPS) is 11.2. The molecule has 1 rings (SSSR count). The summed E-state index contributed by atoms with van der Waals surface area (Å²) in [6.45, 7) is 1.18. The molecule has 0 aliphatic heterocycles. The maximum atomic E-state index is 11.8. The van der Waals surface area contributed by atoms with Crippen molar-refractivity contribution in [2.24, 2.45) is 0 Å². The van der Waals surface area contributed by atoms with Gasteiger partial charge in [0.05, 0.1) is 0 Å². The van der Waals surface area contributed by atoms with Gasteiger partial charge in [0.15, 0.2) is 5.43 Å². The fraction of sp³-hybridized carbons (Fsp3) is 0.250. The van der Waals surface area contributed by atoms with Gasteiger partial charge in [-0.3, -0.25) is 4.79 Å². The Morgan fingerprint density at radius 3 is 2.50 bits per heavy atom. The Hall–Kier alpha value is -1.99. The second-order valence-electron chi connectivity index (χ2n) is 2.85. The van der Waals surface area contributed by atoms with Gasteiger partial charge < -0.3 is 14.8 Å². The number of halogens is 3. The van der Waals surface area contributed by atoms with Gasteiger partial charge in [-0.1, -0.05) is 0 Å². The summed E-state index contributed by atoms with van der Waals surface area (Å²) in [5.74, 6) is -2.50. The first-order valence-electron chi connectivity index (χ1n) is 3.93. The largest absolute Gasteiger partial charge is 0.574 e. The number of carboxylic acid groups (broad SMARTS) is 1. The van der Waals surface area contributed by atoms with Crippen LogP contribution in [0.2, 0.25) is 0 Å². The Morgan fingerprint density at radius 1 is 1.50 bits per heavy atom. The Bertz CT molecular complexity index is 477. The molecule has 0 saturated carbocycles. The van der Waals surface area contributed by atoms with E-state index in [0.29, 0.717) is 6.07 Å². The number of ether oxygens (including phenoxy) is 1. The number of H-pyrrole nitrogens is 1. The molecule has 2 N–H and O–H groups in total. The minimum Gasteiger partial charge on any atom is -0.477 e. The summed E-state index contributed by atoms with van der Waals surface area (Å²) in [7, 11) is 0. The number of carbonyl (C=O) groups is 1. The minimum atomic E-state index is -4.99. The summed E-state index contributed by atoms with van der Waals surface area (Å²) < 4.78 is 38.9. The molecule has 1 aromatic heterocycles. The zero-order valence-corrected chi connectivity index (χ0v) is 7.88. The second-order valence-corrected chi connectivity index (χ2v) is 2.85. The highest BCUT2D eigenvalue weighted by Crippen LogP contribution is 2.20. The lowest BCUT2D eigenvalue weighted by molar-refractivity contribution is -0.276. The van der Waals surface area contributed by atoms with Gasteiger partial charge in [-0.2, -0.15) is 0 Å². The standard InChI is InChI=1S/C8H6F3NO4/c1-3-4(13)2-5(16-8(9,10)11)12-6(3)7(14)15/h2H,1H3,(H,12,13)(H,14,15). The molecule has 0 aliphatic carbocycles. The molecule has 0 fully saturated rings. The van der Waals surface area contributed by atoms with E-state index in [1.807, 2.05) is 4.98 Å². The molecule has 0 unspecified atom stereocenters. The number of aromatic amines is 1. The van der Waals surface area contributed by atoms with Crippen molar-refractivity contribution in [2.75, 3.05) is 0 Å². The van der Waals surface area contributed by atoms with Crippen LogP contribution in [-0.2, 0) is 0 Å². The molecule has 5 nitrogen and oxygen atoms in total. The lowest BCUT2D eigenvalue weighted by Gasteiger charge is -2.09. The van der Waals surface area contributed by atoms with Gasteiger partial charge in [0.1, 0.15) is 5.69 Å². The van der Waals surface area contributed by atoms with E-state index in [4.69, 9.17) is 5.11 Å². The van der Waals surface area contributed by atoms with Crippen LogP contribution >= 0.6 is 0 Å². The van der Waals surface area contributed by atoms with Crippen LogP contribution in [0.4, 0.5) is 13.2 Å². The lowest BCUT2D eigenvalue weighted by atomic mass is 10.2. The summed E-state index contributed by atoms with van der Waals surface area (Å²) in [6, 6.07) is 0.537. The van der Waals surface area contributed by atoms with Gasteiger partial charge in [0, 0.05) is 11.6 Å². The van der Waals surface area contributed by atoms with Crippen molar-refractivity contribution in [2.45, 2.75) is 13.3 Å². The Labute approximate surface area is 86.5 Å². The van der Waals surface area contributed by atoms with Crippen LogP contribution in [0.1, 0.15) is 16.1 Å². The summed E-state index contributed by atoms with van der Waals surface area (Å²) in [5, 5.41) is 8.61. The number of carboxylic acids is 1. The molecule has 1 aromatic rings. The molecule has 0 bridgehead atoms. The molecule has 0 spiro atoms. The molecule has 88 valence electrons. The molecule has 0 atom stereocenters. The average molecular weight is 237 g/mol. The number of rotatable bonds is 2. The van der Waals surface area contributed by atoms with E-state index in [-0.39, 0.29) is 5.56 Å². The summed E-state index contributed by atoms with van der Waals surface area (Å²) >= 11 is 0. The molecule has 16 heavy (non-hydrogen) atoms. The molecular formula is C8H6F3NO4. The monoisotopic (exact) mass is 237 g/mol. The summed E-state index contributed by atoms with van der Waals surface area (Å²) in [4.78, 5) is 23.6. The molecule has 0 radical (unpaired) electrons. The van der Waals surface area contributed by atoms with Crippen LogP contribution in [0.5, 0.6) is 5.88 Å².